The highest BCUT2D eigenvalue weighted by Crippen LogP contribution is 2.15. The van der Waals surface area contributed by atoms with E-state index in [9.17, 15) is 9.00 Å². The summed E-state index contributed by atoms with van der Waals surface area (Å²) in [4.78, 5) is 15.7. The van der Waals surface area contributed by atoms with Gasteiger partial charge in [-0.15, -0.1) is 0 Å². The Hall–Kier alpha value is -1.37. The second-order valence-corrected chi connectivity index (χ2v) is 5.56. The van der Waals surface area contributed by atoms with Crippen LogP contribution in [0.4, 0.5) is 5.82 Å². The molecule has 1 heterocycles. The van der Waals surface area contributed by atoms with Crippen LogP contribution in [0, 0.1) is 6.92 Å². The van der Waals surface area contributed by atoms with Gasteiger partial charge in [0.2, 0.25) is 0 Å². The molecule has 0 radical (unpaired) electrons. The average molecular weight is 273 g/mol. The molecule has 1 atom stereocenters. The summed E-state index contributed by atoms with van der Waals surface area (Å²) in [6.07, 6.45) is 0. The van der Waals surface area contributed by atoms with Crippen molar-refractivity contribution in [2.24, 2.45) is 0 Å². The van der Waals surface area contributed by atoms with Gasteiger partial charge in [-0.25, -0.2) is 9.78 Å². The number of ether oxygens (including phenoxy) is 1. The van der Waals surface area contributed by atoms with Gasteiger partial charge in [-0.1, -0.05) is 6.92 Å². The zero-order valence-corrected chi connectivity index (χ0v) is 11.7. The molecule has 0 aromatic carbocycles. The van der Waals surface area contributed by atoms with Crippen LogP contribution >= 0.6 is 0 Å². The fraction of sp³-hybridized carbons (Fsp3) is 0.636. The third-order valence-corrected chi connectivity index (χ3v) is 3.81. The van der Waals surface area contributed by atoms with E-state index in [1.54, 1.807) is 18.4 Å². The summed E-state index contributed by atoms with van der Waals surface area (Å²) in [5.74, 6) is 1.50. The first kappa shape index (κ1) is 14.7. The molecule has 1 rings (SSSR count). The van der Waals surface area contributed by atoms with E-state index >= 15 is 0 Å². The summed E-state index contributed by atoms with van der Waals surface area (Å²) < 4.78 is 18.0. The lowest BCUT2D eigenvalue weighted by Gasteiger charge is -2.06. The molecule has 0 bridgehead atoms. The van der Waals surface area contributed by atoms with Crippen molar-refractivity contribution < 1.29 is 13.7 Å². The first-order valence-electron chi connectivity index (χ1n) is 5.85. The number of nitrogen functional groups attached to an aromatic ring is 1. The van der Waals surface area contributed by atoms with Gasteiger partial charge in [0.25, 0.3) is 0 Å². The first-order valence-corrected chi connectivity index (χ1v) is 7.34. The Kier molecular flexibility index (Phi) is 5.33. The van der Waals surface area contributed by atoms with Crippen molar-refractivity contribution in [3.05, 3.63) is 11.5 Å². The molecule has 102 valence electrons. The highest BCUT2D eigenvalue weighted by atomic mass is 32.2. The first-order chi connectivity index (χ1) is 8.51. The number of anilines is 1. The molecule has 6 nitrogen and oxygen atoms in total. The minimum atomic E-state index is -0.869. The summed E-state index contributed by atoms with van der Waals surface area (Å²) in [5.41, 5.74) is 6.00. The van der Waals surface area contributed by atoms with Crippen LogP contribution in [0.5, 0.6) is 0 Å². The molecule has 0 spiro atoms. The van der Waals surface area contributed by atoms with Gasteiger partial charge >= 0.3 is 5.97 Å². The molecule has 1 aromatic heterocycles. The van der Waals surface area contributed by atoms with E-state index in [-0.39, 0.29) is 18.1 Å². The van der Waals surface area contributed by atoms with Gasteiger partial charge in [0, 0.05) is 28.9 Å². The second-order valence-electron chi connectivity index (χ2n) is 3.70. The molecule has 7 heteroatoms. The number of rotatable bonds is 6. The molecule has 0 aliphatic rings. The maximum Gasteiger partial charge on any atom is 0.360 e. The molecule has 0 amide bonds. The van der Waals surface area contributed by atoms with Crippen molar-refractivity contribution in [2.45, 2.75) is 27.3 Å². The van der Waals surface area contributed by atoms with Gasteiger partial charge in [-0.2, -0.15) is 0 Å². The predicted molar refractivity (Wildman–Crippen MR) is 70.9 cm³/mol. The van der Waals surface area contributed by atoms with Gasteiger partial charge in [-0.3, -0.25) is 4.21 Å². The highest BCUT2D eigenvalue weighted by molar-refractivity contribution is 7.84. The van der Waals surface area contributed by atoms with E-state index in [0.29, 0.717) is 23.9 Å². The maximum absolute atomic E-state index is 11.6. The van der Waals surface area contributed by atoms with Crippen LogP contribution in [-0.2, 0) is 22.1 Å². The van der Waals surface area contributed by atoms with E-state index in [0.717, 1.165) is 0 Å². The Morgan fingerprint density at radius 1 is 1.50 bits per heavy atom. The minimum absolute atomic E-state index is 0.136. The third-order valence-electron chi connectivity index (χ3n) is 2.53. The summed E-state index contributed by atoms with van der Waals surface area (Å²) in [5, 5.41) is 0. The van der Waals surface area contributed by atoms with Gasteiger partial charge in [0.1, 0.15) is 11.6 Å². The van der Waals surface area contributed by atoms with Crippen LogP contribution in [0.1, 0.15) is 30.2 Å². The molecule has 1 unspecified atom stereocenters. The Labute approximate surface area is 109 Å². The number of hydrogen-bond acceptors (Lipinski definition) is 5. The van der Waals surface area contributed by atoms with E-state index in [1.807, 2.05) is 6.92 Å². The van der Waals surface area contributed by atoms with Gasteiger partial charge < -0.3 is 15.0 Å². The molecule has 18 heavy (non-hydrogen) atoms. The van der Waals surface area contributed by atoms with Crippen molar-refractivity contribution in [1.29, 1.82) is 0 Å². The van der Waals surface area contributed by atoms with Gasteiger partial charge in [0.05, 0.1) is 6.61 Å². The third kappa shape index (κ3) is 3.32. The van der Waals surface area contributed by atoms with Crippen molar-refractivity contribution in [2.75, 3.05) is 23.8 Å². The number of imidazole rings is 1. The molecule has 0 saturated heterocycles. The Morgan fingerprint density at radius 3 is 2.72 bits per heavy atom. The number of carbonyl (C=O) groups excluding carboxylic acids is 1. The standard InChI is InChI=1S/C11H19N3O3S/c1-4-17-11(15)9-10(12)14(8(3)13-9)6-7-18(16)5-2/h4-7,12H2,1-3H3. The number of hydrogen-bond donors (Lipinski definition) is 1. The minimum Gasteiger partial charge on any atom is -0.461 e. The summed E-state index contributed by atoms with van der Waals surface area (Å²) >= 11 is 0. The molecule has 0 aliphatic carbocycles. The quantitative estimate of drug-likeness (QED) is 0.772. The number of nitrogens with two attached hydrogens (primary N) is 1. The van der Waals surface area contributed by atoms with Crippen LogP contribution in [0.3, 0.4) is 0 Å². The summed E-state index contributed by atoms with van der Waals surface area (Å²) in [6.45, 7) is 6.12. The Bertz CT molecular complexity index is 457. The molecule has 2 N–H and O–H groups in total. The number of esters is 1. The zero-order chi connectivity index (χ0) is 13.7. The number of nitrogens with zero attached hydrogens (tertiary/aromatic N) is 2. The second kappa shape index (κ2) is 6.53. The van der Waals surface area contributed by atoms with Crippen LogP contribution in [0.2, 0.25) is 0 Å². The summed E-state index contributed by atoms with van der Waals surface area (Å²) in [6, 6.07) is 0. The number of carbonyl (C=O) groups is 1. The zero-order valence-electron chi connectivity index (χ0n) is 10.9. The van der Waals surface area contributed by atoms with Crippen LogP contribution in [0.25, 0.3) is 0 Å². The van der Waals surface area contributed by atoms with Crippen LogP contribution in [0.15, 0.2) is 0 Å². The van der Waals surface area contributed by atoms with E-state index in [2.05, 4.69) is 4.98 Å². The van der Waals surface area contributed by atoms with Crippen molar-refractivity contribution in [3.63, 3.8) is 0 Å². The Balaban J connectivity index is 2.87. The largest absolute Gasteiger partial charge is 0.461 e. The van der Waals surface area contributed by atoms with Gasteiger partial charge in [-0.05, 0) is 13.8 Å². The maximum atomic E-state index is 11.6. The van der Waals surface area contributed by atoms with Crippen molar-refractivity contribution in [1.82, 2.24) is 9.55 Å². The van der Waals surface area contributed by atoms with E-state index in [1.165, 1.54) is 0 Å². The van der Waals surface area contributed by atoms with Crippen LogP contribution in [-0.4, -0.2) is 37.8 Å². The average Bonchev–Trinajstić information content (AvgIpc) is 2.62. The van der Waals surface area contributed by atoms with Crippen molar-refractivity contribution >= 4 is 22.6 Å². The molecule has 0 aliphatic heterocycles. The highest BCUT2D eigenvalue weighted by Gasteiger charge is 2.19. The Morgan fingerprint density at radius 2 is 2.17 bits per heavy atom. The number of aromatic nitrogens is 2. The van der Waals surface area contributed by atoms with E-state index < -0.39 is 16.8 Å². The fourth-order valence-electron chi connectivity index (χ4n) is 1.55. The lowest BCUT2D eigenvalue weighted by Crippen LogP contribution is -2.14. The van der Waals surface area contributed by atoms with Gasteiger partial charge in [0.15, 0.2) is 5.69 Å². The molecule has 0 saturated carbocycles. The molecule has 1 aromatic rings. The van der Waals surface area contributed by atoms with Crippen molar-refractivity contribution in [3.8, 4) is 0 Å². The van der Waals surface area contributed by atoms with Crippen LogP contribution < -0.4 is 5.73 Å². The lowest BCUT2D eigenvalue weighted by molar-refractivity contribution is 0.0521. The number of aryl methyl sites for hydroxylation is 1. The smallest absolute Gasteiger partial charge is 0.360 e. The predicted octanol–water partition coefficient (Wildman–Crippen LogP) is 0.719. The SMILES string of the molecule is CCOC(=O)c1nc(C)n(CCS(=O)CC)c1N. The fourth-order valence-corrected chi connectivity index (χ4v) is 2.23. The topological polar surface area (TPSA) is 87.2 Å². The summed E-state index contributed by atoms with van der Waals surface area (Å²) in [7, 11) is -0.869. The normalized spacial score (nSPS) is 12.4. The molecular formula is C11H19N3O3S. The lowest BCUT2D eigenvalue weighted by atomic mass is 10.4. The molecule has 0 fully saturated rings. The monoisotopic (exact) mass is 273 g/mol. The molecular weight excluding hydrogens is 254 g/mol. The van der Waals surface area contributed by atoms with E-state index in [4.69, 9.17) is 10.5 Å².